The van der Waals surface area contributed by atoms with E-state index in [1.54, 1.807) is 0 Å². The molecular formula is C6H14IN. The van der Waals surface area contributed by atoms with Gasteiger partial charge in [-0.3, -0.25) is 0 Å². The van der Waals surface area contributed by atoms with E-state index in [1.165, 1.54) is 17.4 Å². The average molecular weight is 227 g/mol. The van der Waals surface area contributed by atoms with Gasteiger partial charge in [-0.15, -0.1) is 0 Å². The van der Waals surface area contributed by atoms with Gasteiger partial charge in [0.15, 0.2) is 0 Å². The van der Waals surface area contributed by atoms with Gasteiger partial charge >= 0.3 is 0 Å². The second kappa shape index (κ2) is 2.52. The summed E-state index contributed by atoms with van der Waals surface area (Å²) in [6.45, 7) is 3.69. The Morgan fingerprint density at radius 1 is 1.38 bits per heavy atom. The highest BCUT2D eigenvalue weighted by Gasteiger charge is 2.33. The molecule has 8 heavy (non-hydrogen) atoms. The summed E-state index contributed by atoms with van der Waals surface area (Å²) in [6, 6.07) is 0.917. The summed E-state index contributed by atoms with van der Waals surface area (Å²) >= 11 is 0. The van der Waals surface area contributed by atoms with Crippen molar-refractivity contribution in [2.24, 2.45) is 0 Å². The molecule has 2 heteroatoms. The molecule has 0 aromatic carbocycles. The van der Waals surface area contributed by atoms with Crippen LogP contribution in [0.25, 0.3) is 0 Å². The molecule has 0 N–H and O–H groups in total. The molecule has 50 valence electrons. The highest BCUT2D eigenvalue weighted by Crippen LogP contribution is 2.21. The minimum absolute atomic E-state index is 0. The number of rotatable bonds is 0. The lowest BCUT2D eigenvalue weighted by Gasteiger charge is -2.44. The fourth-order valence-electron chi connectivity index (χ4n) is 0.904. The third-order valence-electron chi connectivity index (χ3n) is 2.32. The van der Waals surface area contributed by atoms with E-state index in [0.29, 0.717) is 0 Å². The lowest BCUT2D eigenvalue weighted by atomic mass is 10.0. The summed E-state index contributed by atoms with van der Waals surface area (Å²) in [5.41, 5.74) is 0. The molecule has 1 heterocycles. The SMILES string of the molecule is CC1CC[N+]1(C)C.[I-]. The normalized spacial score (nSPS) is 32.6. The number of nitrogens with zero attached hydrogens (tertiary/aromatic N) is 1. The Morgan fingerprint density at radius 2 is 1.75 bits per heavy atom. The van der Waals surface area contributed by atoms with Crippen LogP contribution < -0.4 is 24.0 Å². The van der Waals surface area contributed by atoms with Crippen LogP contribution in [-0.2, 0) is 0 Å². The summed E-state index contributed by atoms with van der Waals surface area (Å²) in [5.74, 6) is 0. The first-order valence-electron chi connectivity index (χ1n) is 2.95. The van der Waals surface area contributed by atoms with Crippen molar-refractivity contribution in [3.63, 3.8) is 0 Å². The maximum atomic E-state index is 2.31. The molecule has 0 radical (unpaired) electrons. The second-order valence-electron chi connectivity index (χ2n) is 3.14. The van der Waals surface area contributed by atoms with Crippen molar-refractivity contribution in [3.8, 4) is 0 Å². The van der Waals surface area contributed by atoms with Crippen molar-refractivity contribution in [2.75, 3.05) is 20.6 Å². The Bertz CT molecular complexity index is 80.6. The van der Waals surface area contributed by atoms with Crippen LogP contribution in [0.4, 0.5) is 0 Å². The van der Waals surface area contributed by atoms with Crippen molar-refractivity contribution in [3.05, 3.63) is 0 Å². The molecule has 1 aliphatic heterocycles. The van der Waals surface area contributed by atoms with E-state index in [9.17, 15) is 0 Å². The molecule has 0 aliphatic carbocycles. The first kappa shape index (κ1) is 8.69. The number of halogens is 1. The van der Waals surface area contributed by atoms with Gasteiger partial charge in [-0.1, -0.05) is 0 Å². The Hall–Kier alpha value is 0.690. The van der Waals surface area contributed by atoms with Gasteiger partial charge < -0.3 is 28.5 Å². The van der Waals surface area contributed by atoms with Gasteiger partial charge in [0.05, 0.1) is 26.7 Å². The first-order valence-corrected chi connectivity index (χ1v) is 2.95. The van der Waals surface area contributed by atoms with Gasteiger partial charge in [-0.25, -0.2) is 0 Å². The molecule has 1 fully saturated rings. The van der Waals surface area contributed by atoms with Crippen LogP contribution in [0.2, 0.25) is 0 Å². The molecule has 1 rings (SSSR count). The summed E-state index contributed by atoms with van der Waals surface area (Å²) in [4.78, 5) is 0. The minimum Gasteiger partial charge on any atom is -1.00 e. The van der Waals surface area contributed by atoms with E-state index in [4.69, 9.17) is 0 Å². The maximum absolute atomic E-state index is 2.31. The van der Waals surface area contributed by atoms with Crippen LogP contribution in [0.5, 0.6) is 0 Å². The van der Waals surface area contributed by atoms with Crippen molar-refractivity contribution in [1.29, 1.82) is 0 Å². The Morgan fingerprint density at radius 3 is 1.75 bits per heavy atom. The molecule has 1 aliphatic rings. The largest absolute Gasteiger partial charge is 1.00 e. The van der Waals surface area contributed by atoms with E-state index in [0.717, 1.165) is 6.04 Å². The lowest BCUT2D eigenvalue weighted by molar-refractivity contribution is -0.953. The number of hydrogen-bond acceptors (Lipinski definition) is 0. The topological polar surface area (TPSA) is 0 Å². The van der Waals surface area contributed by atoms with Crippen LogP contribution in [0.3, 0.4) is 0 Å². The number of likely N-dealkylation sites (tertiary alicyclic amines) is 1. The van der Waals surface area contributed by atoms with Crippen molar-refractivity contribution >= 4 is 0 Å². The number of quaternary nitrogens is 1. The third-order valence-corrected chi connectivity index (χ3v) is 2.32. The van der Waals surface area contributed by atoms with Gasteiger partial charge in [-0.2, -0.15) is 0 Å². The fraction of sp³-hybridized carbons (Fsp3) is 1.00. The van der Waals surface area contributed by atoms with Crippen LogP contribution in [-0.4, -0.2) is 31.2 Å². The summed E-state index contributed by atoms with van der Waals surface area (Å²) in [7, 11) is 4.57. The predicted octanol–water partition coefficient (Wildman–Crippen LogP) is -2.14. The Kier molecular flexibility index (Phi) is 2.74. The molecule has 1 nitrogen and oxygen atoms in total. The Labute approximate surface area is 68.7 Å². The van der Waals surface area contributed by atoms with Gasteiger partial charge in [0, 0.05) is 6.42 Å². The standard InChI is InChI=1S/C6H14N.HI/c1-6-4-5-7(6,2)3;/h6H,4-5H2,1-3H3;1H/q+1;/p-1. The lowest BCUT2D eigenvalue weighted by Crippen LogP contribution is -3.00. The molecule has 0 aromatic rings. The van der Waals surface area contributed by atoms with Crippen LogP contribution in [0, 0.1) is 0 Å². The zero-order chi connectivity index (χ0) is 5.49. The molecule has 0 aromatic heterocycles. The molecule has 1 atom stereocenters. The smallest absolute Gasteiger partial charge is 0.0912 e. The molecule has 0 amide bonds. The van der Waals surface area contributed by atoms with Crippen molar-refractivity contribution in [1.82, 2.24) is 0 Å². The highest BCUT2D eigenvalue weighted by molar-refractivity contribution is 4.59. The van der Waals surface area contributed by atoms with Crippen molar-refractivity contribution < 1.29 is 28.5 Å². The fourth-order valence-corrected chi connectivity index (χ4v) is 0.904. The number of hydrogen-bond donors (Lipinski definition) is 0. The van der Waals surface area contributed by atoms with Gasteiger partial charge in [-0.05, 0) is 6.92 Å². The van der Waals surface area contributed by atoms with E-state index >= 15 is 0 Å². The van der Waals surface area contributed by atoms with Gasteiger partial charge in [0.25, 0.3) is 0 Å². The van der Waals surface area contributed by atoms with E-state index in [2.05, 4.69) is 21.0 Å². The monoisotopic (exact) mass is 227 g/mol. The zero-order valence-electron chi connectivity index (χ0n) is 5.82. The summed E-state index contributed by atoms with van der Waals surface area (Å²) in [5, 5.41) is 0. The Balaban J connectivity index is 0.000000490. The summed E-state index contributed by atoms with van der Waals surface area (Å²) < 4.78 is 1.24. The molecule has 1 saturated heterocycles. The zero-order valence-corrected chi connectivity index (χ0v) is 7.97. The second-order valence-corrected chi connectivity index (χ2v) is 3.14. The minimum atomic E-state index is 0. The average Bonchev–Trinajstić information content (AvgIpc) is 1.63. The van der Waals surface area contributed by atoms with Crippen LogP contribution >= 0.6 is 0 Å². The molecule has 1 unspecified atom stereocenters. The quantitative estimate of drug-likeness (QED) is 0.327. The van der Waals surface area contributed by atoms with Crippen molar-refractivity contribution in [2.45, 2.75) is 19.4 Å². The van der Waals surface area contributed by atoms with E-state index in [-0.39, 0.29) is 24.0 Å². The molecular weight excluding hydrogens is 213 g/mol. The first-order chi connectivity index (χ1) is 3.13. The van der Waals surface area contributed by atoms with Crippen LogP contribution in [0.15, 0.2) is 0 Å². The predicted molar refractivity (Wildman–Crippen MR) is 31.1 cm³/mol. The van der Waals surface area contributed by atoms with Gasteiger partial charge in [0.2, 0.25) is 0 Å². The molecule has 0 bridgehead atoms. The molecule has 0 saturated carbocycles. The molecule has 0 spiro atoms. The van der Waals surface area contributed by atoms with E-state index in [1.807, 2.05) is 0 Å². The third kappa shape index (κ3) is 1.35. The van der Waals surface area contributed by atoms with Crippen LogP contribution in [0.1, 0.15) is 13.3 Å². The highest BCUT2D eigenvalue weighted by atomic mass is 127. The van der Waals surface area contributed by atoms with Gasteiger partial charge in [0.1, 0.15) is 0 Å². The van der Waals surface area contributed by atoms with E-state index < -0.39 is 0 Å². The summed E-state index contributed by atoms with van der Waals surface area (Å²) in [6.07, 6.45) is 1.42. The maximum Gasteiger partial charge on any atom is 0.0912 e.